The first-order valence-electron chi connectivity index (χ1n) is 17.0. The minimum atomic E-state index is 0.674. The average molecular weight is 652 g/mol. The number of hydrogen-bond donors (Lipinski definition) is 1. The van der Waals surface area contributed by atoms with Gasteiger partial charge in [-0.3, -0.25) is 4.40 Å². The van der Waals surface area contributed by atoms with Gasteiger partial charge in [0.1, 0.15) is 22.2 Å². The lowest BCUT2D eigenvalue weighted by molar-refractivity contribution is -0.540. The van der Waals surface area contributed by atoms with Crippen LogP contribution in [0.4, 0.5) is 0 Å². The topological polar surface area (TPSA) is 65.2 Å². The molecule has 0 aliphatic rings. The number of nitriles is 1. The minimum absolute atomic E-state index is 0.674. The van der Waals surface area contributed by atoms with Gasteiger partial charge in [-0.2, -0.15) is 19.2 Å². The van der Waals surface area contributed by atoms with Gasteiger partial charge in [-0.05, 0) is 110 Å². The van der Waals surface area contributed by atoms with Crippen molar-refractivity contribution < 1.29 is 4.57 Å². The molecular formula is C45H27N6+. The largest absolute Gasteiger partial charge is 0.375 e. The van der Waals surface area contributed by atoms with E-state index < -0.39 is 0 Å². The third kappa shape index (κ3) is 3.91. The zero-order valence-corrected chi connectivity index (χ0v) is 27.2. The number of rotatable bonds is 2. The zero-order valence-electron chi connectivity index (χ0n) is 27.2. The van der Waals surface area contributed by atoms with Crippen molar-refractivity contribution in [2.24, 2.45) is 0 Å². The second kappa shape index (κ2) is 10.4. The molecule has 0 atom stereocenters. The van der Waals surface area contributed by atoms with Gasteiger partial charge in [0.2, 0.25) is 0 Å². The average Bonchev–Trinajstić information content (AvgIpc) is 3.68. The molecule has 0 saturated heterocycles. The number of benzene rings is 8. The van der Waals surface area contributed by atoms with Gasteiger partial charge < -0.3 is 0 Å². The summed E-state index contributed by atoms with van der Waals surface area (Å²) in [6.07, 6.45) is 0. The van der Waals surface area contributed by atoms with Gasteiger partial charge >= 0.3 is 5.78 Å². The summed E-state index contributed by atoms with van der Waals surface area (Å²) in [4.78, 5) is 8.82. The molecule has 11 rings (SSSR count). The highest BCUT2D eigenvalue weighted by Crippen LogP contribution is 2.37. The highest BCUT2D eigenvalue weighted by Gasteiger charge is 2.23. The number of nitrogens with one attached hydrogen (secondary N) is 1. The van der Waals surface area contributed by atoms with Crippen molar-refractivity contribution >= 4 is 77.0 Å². The van der Waals surface area contributed by atoms with Crippen LogP contribution in [-0.4, -0.2) is 18.8 Å². The fourth-order valence-corrected chi connectivity index (χ4v) is 8.09. The number of nitrogens with zero attached hydrogens (tertiary/aromatic N) is 5. The monoisotopic (exact) mass is 651 g/mol. The molecule has 0 aliphatic heterocycles. The van der Waals surface area contributed by atoms with Crippen LogP contribution in [0.1, 0.15) is 5.56 Å². The van der Waals surface area contributed by atoms with Crippen molar-refractivity contribution in [3.63, 3.8) is 0 Å². The molecule has 236 valence electrons. The highest BCUT2D eigenvalue weighted by atomic mass is 15.2. The lowest BCUT2D eigenvalue weighted by atomic mass is 9.91. The minimum Gasteiger partial charge on any atom is -0.262 e. The van der Waals surface area contributed by atoms with Crippen molar-refractivity contribution in [1.29, 1.82) is 5.26 Å². The number of para-hydroxylation sites is 6. The van der Waals surface area contributed by atoms with Gasteiger partial charge in [0.15, 0.2) is 0 Å². The summed E-state index contributed by atoms with van der Waals surface area (Å²) in [6, 6.07) is 57.8. The van der Waals surface area contributed by atoms with Crippen LogP contribution in [0, 0.1) is 11.3 Å². The molecule has 0 aliphatic carbocycles. The summed E-state index contributed by atoms with van der Waals surface area (Å²) in [7, 11) is 0. The van der Waals surface area contributed by atoms with E-state index in [4.69, 9.17) is 4.98 Å². The lowest BCUT2D eigenvalue weighted by Crippen LogP contribution is -2.30. The Hall–Kier alpha value is -7.23. The Balaban J connectivity index is 1.14. The fourth-order valence-electron chi connectivity index (χ4n) is 8.09. The van der Waals surface area contributed by atoms with E-state index in [0.717, 1.165) is 77.6 Å². The first-order valence-corrected chi connectivity index (χ1v) is 17.0. The molecule has 11 aromatic rings. The van der Waals surface area contributed by atoms with E-state index in [1.807, 2.05) is 18.2 Å². The highest BCUT2D eigenvalue weighted by molar-refractivity contribution is 6.26. The SMILES string of the molecule is N#Cc1ccc2c3ccc(-c4ccc(-[n+]5c6ccccc6n6c7ccccc7n7c(nc8ccccc87)[nH]c65)cc4)cc3c3ccccc3c2c1. The molecule has 0 bridgehead atoms. The van der Waals surface area contributed by atoms with Crippen LogP contribution in [0.25, 0.3) is 93.8 Å². The van der Waals surface area contributed by atoms with Crippen LogP contribution in [0.5, 0.6) is 0 Å². The summed E-state index contributed by atoms with van der Waals surface area (Å²) < 4.78 is 6.82. The van der Waals surface area contributed by atoms with Gasteiger partial charge in [-0.25, -0.2) is 4.98 Å². The van der Waals surface area contributed by atoms with E-state index in [0.29, 0.717) is 5.56 Å². The van der Waals surface area contributed by atoms with E-state index in [9.17, 15) is 5.26 Å². The van der Waals surface area contributed by atoms with Crippen molar-refractivity contribution in [2.45, 2.75) is 0 Å². The maximum absolute atomic E-state index is 9.59. The van der Waals surface area contributed by atoms with Crippen LogP contribution in [0.2, 0.25) is 0 Å². The molecule has 6 nitrogen and oxygen atoms in total. The summed E-state index contributed by atoms with van der Waals surface area (Å²) >= 11 is 0. The molecule has 0 saturated carbocycles. The van der Waals surface area contributed by atoms with E-state index in [1.165, 1.54) is 16.2 Å². The number of imidazole rings is 2. The molecule has 6 heteroatoms. The third-order valence-corrected chi connectivity index (χ3v) is 10.4. The van der Waals surface area contributed by atoms with Crippen LogP contribution in [-0.2, 0) is 0 Å². The number of hydrogen-bond acceptors (Lipinski definition) is 2. The van der Waals surface area contributed by atoms with E-state index in [2.05, 4.69) is 164 Å². The van der Waals surface area contributed by atoms with E-state index in [-0.39, 0.29) is 0 Å². The standard InChI is InChI=1S/C45H26N6/c46-27-28-17-23-34-35-24-20-30(26-37(35)33-10-2-1-9-32(33)36(34)25-28)29-18-21-31(22-19-29)49-40-13-5-7-15-42(40)51-43-16-8-6-14-41(43)50-39-12-4-3-11-38(39)47-44(50)48-45(49)51/h1-26H/p+1. The second-order valence-electron chi connectivity index (χ2n) is 13.1. The smallest absolute Gasteiger partial charge is 0.262 e. The summed E-state index contributed by atoms with van der Waals surface area (Å²) in [5.41, 5.74) is 10.3. The predicted octanol–water partition coefficient (Wildman–Crippen LogP) is 10.2. The molecule has 3 aromatic heterocycles. The molecule has 0 amide bonds. The molecule has 1 N–H and O–H groups in total. The number of aromatic nitrogens is 5. The first-order chi connectivity index (χ1) is 25.2. The first kappa shape index (κ1) is 27.7. The van der Waals surface area contributed by atoms with Crippen molar-refractivity contribution in [3.05, 3.63) is 163 Å². The molecule has 51 heavy (non-hydrogen) atoms. The maximum Gasteiger partial charge on any atom is 0.375 e. The molecular weight excluding hydrogens is 625 g/mol. The van der Waals surface area contributed by atoms with Gasteiger partial charge in [0, 0.05) is 0 Å². The number of H-pyrrole nitrogens is 1. The molecule has 0 unspecified atom stereocenters. The van der Waals surface area contributed by atoms with Gasteiger partial charge in [0.25, 0.3) is 5.78 Å². The van der Waals surface area contributed by atoms with Crippen LogP contribution < -0.4 is 4.57 Å². The zero-order chi connectivity index (χ0) is 33.6. The maximum atomic E-state index is 9.59. The quantitative estimate of drug-likeness (QED) is 0.149. The molecule has 0 spiro atoms. The normalized spacial score (nSPS) is 11.9. The Morgan fingerprint density at radius 2 is 1.10 bits per heavy atom. The Labute approximate surface area is 291 Å². The summed E-state index contributed by atoms with van der Waals surface area (Å²) in [5.74, 6) is 1.68. The van der Waals surface area contributed by atoms with Gasteiger partial charge in [-0.15, -0.1) is 0 Å². The van der Waals surface area contributed by atoms with Gasteiger partial charge in [0.05, 0.1) is 28.2 Å². The summed E-state index contributed by atoms with van der Waals surface area (Å²) in [5, 5.41) is 16.6. The molecule has 8 aromatic carbocycles. The molecule has 0 radical (unpaired) electrons. The second-order valence-corrected chi connectivity index (χ2v) is 13.1. The summed E-state index contributed by atoms with van der Waals surface area (Å²) in [6.45, 7) is 0. The fraction of sp³-hybridized carbons (Fsp3) is 0. The van der Waals surface area contributed by atoms with Crippen molar-refractivity contribution in [2.75, 3.05) is 0 Å². The van der Waals surface area contributed by atoms with Crippen LogP contribution >= 0.6 is 0 Å². The Kier molecular flexibility index (Phi) is 5.64. The van der Waals surface area contributed by atoms with E-state index >= 15 is 0 Å². The Bertz CT molecular complexity index is 3300. The third-order valence-electron chi connectivity index (χ3n) is 10.4. The number of fused-ring (bicyclic) bond motifs is 15. The molecule has 3 heterocycles. The van der Waals surface area contributed by atoms with Crippen molar-refractivity contribution in [1.82, 2.24) is 18.8 Å². The lowest BCUT2D eigenvalue weighted by Gasteiger charge is -2.12. The predicted molar refractivity (Wildman–Crippen MR) is 206 cm³/mol. The van der Waals surface area contributed by atoms with Gasteiger partial charge in [-0.1, -0.05) is 91.0 Å². The van der Waals surface area contributed by atoms with E-state index in [1.54, 1.807) is 0 Å². The van der Waals surface area contributed by atoms with Crippen LogP contribution in [0.3, 0.4) is 0 Å². The Morgan fingerprint density at radius 3 is 1.86 bits per heavy atom. The van der Waals surface area contributed by atoms with Crippen LogP contribution in [0.15, 0.2) is 158 Å². The van der Waals surface area contributed by atoms with Crippen molar-refractivity contribution in [3.8, 4) is 22.9 Å². The number of aromatic amines is 1. The molecule has 0 fully saturated rings. The Morgan fingerprint density at radius 1 is 0.510 bits per heavy atom.